The highest BCUT2D eigenvalue weighted by Gasteiger charge is 2.35. The molecule has 0 radical (unpaired) electrons. The molecule has 0 saturated heterocycles. The van der Waals surface area contributed by atoms with Crippen molar-refractivity contribution in [3.8, 4) is 0 Å². The van der Waals surface area contributed by atoms with Gasteiger partial charge in [-0.25, -0.2) is 0 Å². The molecule has 0 fully saturated rings. The van der Waals surface area contributed by atoms with Gasteiger partial charge in [0.1, 0.15) is 0 Å². The molecule has 4 nitrogen and oxygen atoms in total. The number of hydrogen-bond donors (Lipinski definition) is 1. The molecule has 2 unspecified atom stereocenters. The van der Waals surface area contributed by atoms with Crippen LogP contribution >= 0.6 is 0 Å². The fourth-order valence-electron chi connectivity index (χ4n) is 2.85. The van der Waals surface area contributed by atoms with Crippen molar-refractivity contribution in [1.82, 2.24) is 10.3 Å². The lowest BCUT2D eigenvalue weighted by Gasteiger charge is -2.30. The molecular weight excluding hydrogens is 228 g/mol. The highest BCUT2D eigenvalue weighted by Crippen LogP contribution is 2.35. The van der Waals surface area contributed by atoms with Gasteiger partial charge >= 0.3 is 0 Å². The first-order valence-electron chi connectivity index (χ1n) is 6.54. The fourth-order valence-corrected chi connectivity index (χ4v) is 2.85. The molecule has 0 spiro atoms. The molecule has 0 saturated carbocycles. The number of nitrogens with one attached hydrogen (secondary N) is 1. The number of aryl methyl sites for hydroxylation is 1. The largest absolute Gasteiger partial charge is 0.354 e. The summed E-state index contributed by atoms with van der Waals surface area (Å²) in [4.78, 5) is 4.54. The molecule has 0 aliphatic heterocycles. The van der Waals surface area contributed by atoms with Crippen molar-refractivity contribution in [3.63, 3.8) is 0 Å². The van der Waals surface area contributed by atoms with Gasteiger partial charge in [0.2, 0.25) is 0 Å². The summed E-state index contributed by atoms with van der Waals surface area (Å²) in [6.45, 7) is 3.00. The van der Waals surface area contributed by atoms with Crippen LogP contribution < -0.4 is 5.32 Å². The molecule has 100 valence electrons. The Kier molecular flexibility index (Phi) is 4.69. The Morgan fingerprint density at radius 3 is 2.89 bits per heavy atom. The Balaban J connectivity index is 2.22. The Morgan fingerprint density at radius 2 is 2.22 bits per heavy atom. The average Bonchev–Trinajstić information content (AvgIpc) is 2.83. The highest BCUT2D eigenvalue weighted by molar-refractivity contribution is 5.30. The normalized spacial score (nSPS) is 20.1. The van der Waals surface area contributed by atoms with Gasteiger partial charge in [-0.15, -0.1) is 0 Å². The van der Waals surface area contributed by atoms with Crippen LogP contribution in [0.15, 0.2) is 18.3 Å². The van der Waals surface area contributed by atoms with Gasteiger partial charge in [-0.2, -0.15) is 0 Å². The van der Waals surface area contributed by atoms with E-state index in [2.05, 4.69) is 23.3 Å². The minimum atomic E-state index is -0.233. The molecule has 0 aromatic carbocycles. The standard InChI is InChI=1S/C14H22N2O2/c1-4-15-13(14(17-2)18-3)11-8-7-10-6-5-9-16-12(10)11/h5-6,9,11,13-15H,4,7-8H2,1-3H3. The second-order valence-corrected chi connectivity index (χ2v) is 4.62. The van der Waals surface area contributed by atoms with Crippen LogP contribution in [0.3, 0.4) is 0 Å². The summed E-state index contributed by atoms with van der Waals surface area (Å²) in [6.07, 6.45) is 3.83. The van der Waals surface area contributed by atoms with E-state index in [9.17, 15) is 0 Å². The van der Waals surface area contributed by atoms with E-state index in [1.807, 2.05) is 12.3 Å². The number of ether oxygens (including phenoxy) is 2. The third-order valence-corrected chi connectivity index (χ3v) is 3.63. The fraction of sp³-hybridized carbons (Fsp3) is 0.643. The van der Waals surface area contributed by atoms with Crippen molar-refractivity contribution in [2.24, 2.45) is 0 Å². The third-order valence-electron chi connectivity index (χ3n) is 3.63. The molecule has 1 aliphatic rings. The maximum Gasteiger partial charge on any atom is 0.172 e. The Labute approximate surface area is 109 Å². The number of methoxy groups -OCH3 is 2. The lowest BCUT2D eigenvalue weighted by molar-refractivity contribution is -0.127. The number of pyridine rings is 1. The lowest BCUT2D eigenvalue weighted by Crippen LogP contribution is -2.45. The average molecular weight is 250 g/mol. The molecule has 2 atom stereocenters. The second-order valence-electron chi connectivity index (χ2n) is 4.62. The van der Waals surface area contributed by atoms with Crippen LogP contribution in [0.25, 0.3) is 0 Å². The summed E-state index contributed by atoms with van der Waals surface area (Å²) in [5, 5.41) is 3.48. The highest BCUT2D eigenvalue weighted by atomic mass is 16.7. The molecule has 18 heavy (non-hydrogen) atoms. The number of fused-ring (bicyclic) bond motifs is 1. The molecule has 2 rings (SSSR count). The summed E-state index contributed by atoms with van der Waals surface area (Å²) < 4.78 is 10.9. The third kappa shape index (κ3) is 2.55. The van der Waals surface area contributed by atoms with Gasteiger partial charge in [-0.3, -0.25) is 4.98 Å². The summed E-state index contributed by atoms with van der Waals surface area (Å²) in [6, 6.07) is 4.33. The van der Waals surface area contributed by atoms with Gasteiger partial charge in [-0.05, 0) is 31.0 Å². The summed E-state index contributed by atoms with van der Waals surface area (Å²) >= 11 is 0. The SMILES string of the molecule is CCNC(C(OC)OC)C1CCc2cccnc21. The lowest BCUT2D eigenvalue weighted by atomic mass is 9.96. The molecule has 1 aromatic heterocycles. The first-order chi connectivity index (χ1) is 8.81. The van der Waals surface area contributed by atoms with Gasteiger partial charge < -0.3 is 14.8 Å². The van der Waals surface area contributed by atoms with E-state index in [0.717, 1.165) is 19.4 Å². The van der Waals surface area contributed by atoms with Gasteiger partial charge in [0, 0.05) is 32.0 Å². The van der Waals surface area contributed by atoms with E-state index < -0.39 is 0 Å². The monoisotopic (exact) mass is 250 g/mol. The zero-order valence-corrected chi connectivity index (χ0v) is 11.3. The van der Waals surface area contributed by atoms with E-state index in [0.29, 0.717) is 5.92 Å². The second kappa shape index (κ2) is 6.27. The molecule has 0 amide bonds. The van der Waals surface area contributed by atoms with E-state index >= 15 is 0 Å². The molecule has 1 aliphatic carbocycles. The van der Waals surface area contributed by atoms with Crippen LogP contribution in [-0.2, 0) is 15.9 Å². The minimum Gasteiger partial charge on any atom is -0.354 e. The maximum atomic E-state index is 5.43. The number of hydrogen-bond acceptors (Lipinski definition) is 4. The zero-order valence-electron chi connectivity index (χ0n) is 11.3. The Hall–Kier alpha value is -0.970. The van der Waals surface area contributed by atoms with Crippen LogP contribution in [0.5, 0.6) is 0 Å². The van der Waals surface area contributed by atoms with Crippen LogP contribution in [-0.4, -0.2) is 38.1 Å². The molecule has 0 bridgehead atoms. The van der Waals surface area contributed by atoms with Crippen LogP contribution in [0.4, 0.5) is 0 Å². The van der Waals surface area contributed by atoms with E-state index in [1.54, 1.807) is 14.2 Å². The van der Waals surface area contributed by atoms with Crippen LogP contribution in [0.2, 0.25) is 0 Å². The van der Waals surface area contributed by atoms with Crippen molar-refractivity contribution < 1.29 is 9.47 Å². The summed E-state index contributed by atoms with van der Waals surface area (Å²) in [5.74, 6) is 0.367. The summed E-state index contributed by atoms with van der Waals surface area (Å²) in [7, 11) is 3.37. The summed E-state index contributed by atoms with van der Waals surface area (Å²) in [5.41, 5.74) is 2.55. The van der Waals surface area contributed by atoms with Gasteiger partial charge in [-0.1, -0.05) is 13.0 Å². The van der Waals surface area contributed by atoms with Crippen molar-refractivity contribution in [1.29, 1.82) is 0 Å². The van der Waals surface area contributed by atoms with E-state index in [1.165, 1.54) is 11.3 Å². The van der Waals surface area contributed by atoms with Gasteiger partial charge in [0.05, 0.1) is 6.04 Å². The number of aromatic nitrogens is 1. The number of rotatable bonds is 6. The van der Waals surface area contributed by atoms with Gasteiger partial charge in [0.25, 0.3) is 0 Å². The van der Waals surface area contributed by atoms with Crippen molar-refractivity contribution in [2.45, 2.75) is 38.0 Å². The predicted octanol–water partition coefficient (Wildman–Crippen LogP) is 1.71. The molecule has 1 heterocycles. The molecule has 4 heteroatoms. The maximum absolute atomic E-state index is 5.43. The van der Waals surface area contributed by atoms with Crippen LogP contribution in [0, 0.1) is 0 Å². The molecule has 1 N–H and O–H groups in total. The molecule has 1 aromatic rings. The van der Waals surface area contributed by atoms with E-state index in [4.69, 9.17) is 9.47 Å². The number of likely N-dealkylation sites (N-methyl/N-ethyl adjacent to an activating group) is 1. The first-order valence-corrected chi connectivity index (χ1v) is 6.54. The topological polar surface area (TPSA) is 43.4 Å². The van der Waals surface area contributed by atoms with Gasteiger partial charge in [0.15, 0.2) is 6.29 Å². The zero-order chi connectivity index (χ0) is 13.0. The predicted molar refractivity (Wildman–Crippen MR) is 70.6 cm³/mol. The first kappa shape index (κ1) is 13.5. The molecular formula is C14H22N2O2. The van der Waals surface area contributed by atoms with Crippen molar-refractivity contribution >= 4 is 0 Å². The minimum absolute atomic E-state index is 0.154. The van der Waals surface area contributed by atoms with Crippen molar-refractivity contribution in [3.05, 3.63) is 29.6 Å². The quantitative estimate of drug-likeness (QED) is 0.781. The van der Waals surface area contributed by atoms with Crippen LogP contribution in [0.1, 0.15) is 30.5 Å². The van der Waals surface area contributed by atoms with Crippen molar-refractivity contribution in [2.75, 3.05) is 20.8 Å². The van der Waals surface area contributed by atoms with E-state index in [-0.39, 0.29) is 12.3 Å². The smallest absolute Gasteiger partial charge is 0.172 e. The Morgan fingerprint density at radius 1 is 1.44 bits per heavy atom. The number of nitrogens with zero attached hydrogens (tertiary/aromatic N) is 1. The Bertz CT molecular complexity index is 380.